The number of hydrogen-bond donors (Lipinski definition) is 2. The van der Waals surface area contributed by atoms with Crippen LogP contribution in [0.5, 0.6) is 0 Å². The highest BCUT2D eigenvalue weighted by Crippen LogP contribution is 2.23. The van der Waals surface area contributed by atoms with Gasteiger partial charge in [0, 0.05) is 11.8 Å². The molecule has 0 unspecified atom stereocenters. The van der Waals surface area contributed by atoms with Gasteiger partial charge in [-0.25, -0.2) is 26.9 Å². The van der Waals surface area contributed by atoms with Gasteiger partial charge in [0.1, 0.15) is 23.1 Å². The van der Waals surface area contributed by atoms with E-state index in [1.807, 2.05) is 0 Å². The molecule has 1 amide bonds. The van der Waals surface area contributed by atoms with Crippen LogP contribution >= 0.6 is 0 Å². The van der Waals surface area contributed by atoms with Crippen LogP contribution in [0.4, 0.5) is 39.1 Å². The quantitative estimate of drug-likeness (QED) is 0.507. The molecule has 0 saturated carbocycles. The fourth-order valence-electron chi connectivity index (χ4n) is 2.20. The fourth-order valence-corrected chi connectivity index (χ4v) is 2.20. The molecule has 3 aromatic rings. The number of anilines is 3. The average molecular weight is 379 g/mol. The first-order valence-corrected chi connectivity index (χ1v) is 7.48. The van der Waals surface area contributed by atoms with Gasteiger partial charge < -0.3 is 10.6 Å². The molecule has 1 aromatic heterocycles. The molecule has 0 radical (unpaired) electrons. The van der Waals surface area contributed by atoms with Gasteiger partial charge in [0.15, 0.2) is 17.5 Å². The Morgan fingerprint density at radius 2 is 1.56 bits per heavy atom. The highest BCUT2D eigenvalue weighted by molar-refractivity contribution is 6.04. The predicted molar refractivity (Wildman–Crippen MR) is 88.1 cm³/mol. The lowest BCUT2D eigenvalue weighted by molar-refractivity contribution is 0.102. The largest absolute Gasteiger partial charge is 0.335 e. The molecule has 2 aromatic carbocycles. The number of pyridine rings is 1. The van der Waals surface area contributed by atoms with Crippen molar-refractivity contribution in [2.45, 2.75) is 0 Å². The van der Waals surface area contributed by atoms with Crippen molar-refractivity contribution in [1.29, 1.82) is 0 Å². The predicted octanol–water partition coefficient (Wildman–Crippen LogP) is 4.77. The van der Waals surface area contributed by atoms with E-state index in [1.165, 1.54) is 18.3 Å². The molecule has 0 fully saturated rings. The monoisotopic (exact) mass is 379 g/mol. The number of nitrogens with zero attached hydrogens (tertiary/aromatic N) is 1. The Morgan fingerprint density at radius 3 is 2.26 bits per heavy atom. The Hall–Kier alpha value is -3.49. The van der Waals surface area contributed by atoms with Crippen molar-refractivity contribution in [3.8, 4) is 0 Å². The van der Waals surface area contributed by atoms with Crippen molar-refractivity contribution in [2.75, 3.05) is 10.6 Å². The molecule has 1 heterocycles. The molecule has 138 valence electrons. The topological polar surface area (TPSA) is 54.0 Å². The minimum Gasteiger partial charge on any atom is -0.335 e. The minimum absolute atomic E-state index is 0.0580. The summed E-state index contributed by atoms with van der Waals surface area (Å²) in [6.45, 7) is 0. The number of nitrogens with one attached hydrogen (secondary N) is 2. The van der Waals surface area contributed by atoms with Gasteiger partial charge in [0.2, 0.25) is 0 Å². The van der Waals surface area contributed by atoms with Crippen LogP contribution in [0.3, 0.4) is 0 Å². The van der Waals surface area contributed by atoms with E-state index < -0.39 is 46.4 Å². The van der Waals surface area contributed by atoms with E-state index in [2.05, 4.69) is 15.6 Å². The fraction of sp³-hybridized carbons (Fsp3) is 0. The number of hydrogen-bond acceptors (Lipinski definition) is 3. The Bertz CT molecular complexity index is 1010. The molecule has 3 rings (SSSR count). The number of carbonyl (C=O) groups excluding carboxylic acids is 1. The zero-order valence-corrected chi connectivity index (χ0v) is 13.4. The van der Waals surface area contributed by atoms with Gasteiger partial charge in [0.05, 0.1) is 5.69 Å². The van der Waals surface area contributed by atoms with Crippen molar-refractivity contribution in [3.63, 3.8) is 0 Å². The van der Waals surface area contributed by atoms with Gasteiger partial charge >= 0.3 is 0 Å². The van der Waals surface area contributed by atoms with Gasteiger partial charge in [-0.1, -0.05) is 6.07 Å². The number of halogens is 5. The maximum atomic E-state index is 13.7. The molecular weight excluding hydrogens is 369 g/mol. The molecule has 4 nitrogen and oxygen atoms in total. The summed E-state index contributed by atoms with van der Waals surface area (Å²) in [5.41, 5.74) is -1.09. The summed E-state index contributed by atoms with van der Waals surface area (Å²) in [5.74, 6) is -7.32. The first-order valence-electron chi connectivity index (χ1n) is 7.48. The van der Waals surface area contributed by atoms with Crippen LogP contribution in [0.25, 0.3) is 0 Å². The maximum Gasteiger partial charge on any atom is 0.255 e. The number of benzene rings is 2. The lowest BCUT2D eigenvalue weighted by Crippen LogP contribution is -2.14. The van der Waals surface area contributed by atoms with Gasteiger partial charge in [-0.05, 0) is 36.4 Å². The summed E-state index contributed by atoms with van der Waals surface area (Å²) in [4.78, 5) is 16.0. The number of amides is 1. The zero-order chi connectivity index (χ0) is 19.6. The number of carbonyl (C=O) groups is 1. The van der Waals surface area contributed by atoms with Crippen LogP contribution in [0.15, 0.2) is 48.7 Å². The second-order valence-corrected chi connectivity index (χ2v) is 5.33. The van der Waals surface area contributed by atoms with E-state index in [4.69, 9.17) is 0 Å². The molecule has 0 bridgehead atoms. The number of rotatable bonds is 4. The van der Waals surface area contributed by atoms with Gasteiger partial charge in [0.25, 0.3) is 5.91 Å². The second-order valence-electron chi connectivity index (χ2n) is 5.33. The molecule has 0 aliphatic heterocycles. The average Bonchev–Trinajstić information content (AvgIpc) is 2.65. The highest BCUT2D eigenvalue weighted by atomic mass is 19.2. The highest BCUT2D eigenvalue weighted by Gasteiger charge is 2.17. The summed E-state index contributed by atoms with van der Waals surface area (Å²) in [6, 6.07) is 7.18. The smallest absolute Gasteiger partial charge is 0.255 e. The van der Waals surface area contributed by atoms with Gasteiger partial charge in [-0.15, -0.1) is 0 Å². The number of aromatic nitrogens is 1. The molecule has 0 spiro atoms. The van der Waals surface area contributed by atoms with E-state index in [9.17, 15) is 26.7 Å². The van der Waals surface area contributed by atoms with E-state index in [-0.39, 0.29) is 11.4 Å². The Labute approximate surface area is 149 Å². The van der Waals surface area contributed by atoms with E-state index in [0.717, 1.165) is 24.3 Å². The van der Waals surface area contributed by atoms with Crippen molar-refractivity contribution >= 4 is 23.1 Å². The summed E-state index contributed by atoms with van der Waals surface area (Å²) < 4.78 is 67.2. The number of para-hydroxylation sites is 1. The summed E-state index contributed by atoms with van der Waals surface area (Å²) in [7, 11) is 0. The molecule has 9 heteroatoms. The first-order chi connectivity index (χ1) is 12.9. The van der Waals surface area contributed by atoms with Crippen molar-refractivity contribution in [1.82, 2.24) is 4.98 Å². The van der Waals surface area contributed by atoms with E-state index >= 15 is 0 Å². The maximum absolute atomic E-state index is 13.7. The SMILES string of the molecule is O=C(Nc1ccc(F)c(F)c1F)c1ccnc(Nc2c(F)cccc2F)c1. The van der Waals surface area contributed by atoms with E-state index in [1.54, 1.807) is 0 Å². The third-order valence-corrected chi connectivity index (χ3v) is 3.52. The van der Waals surface area contributed by atoms with Gasteiger partial charge in [-0.2, -0.15) is 0 Å². The summed E-state index contributed by atoms with van der Waals surface area (Å²) in [5, 5.41) is 4.49. The molecule has 0 atom stereocenters. The normalized spacial score (nSPS) is 10.6. The van der Waals surface area contributed by atoms with Crippen LogP contribution in [-0.4, -0.2) is 10.9 Å². The van der Waals surface area contributed by atoms with Crippen LogP contribution in [-0.2, 0) is 0 Å². The first kappa shape index (κ1) is 18.3. The lowest BCUT2D eigenvalue weighted by atomic mass is 10.2. The van der Waals surface area contributed by atoms with Gasteiger partial charge in [-0.3, -0.25) is 4.79 Å². The lowest BCUT2D eigenvalue weighted by Gasteiger charge is -2.10. The van der Waals surface area contributed by atoms with Crippen molar-refractivity contribution in [3.05, 3.63) is 83.3 Å². The molecule has 0 aliphatic carbocycles. The molecule has 0 saturated heterocycles. The van der Waals surface area contributed by atoms with E-state index in [0.29, 0.717) is 6.07 Å². The van der Waals surface area contributed by atoms with Crippen LogP contribution in [0.1, 0.15) is 10.4 Å². The molecule has 0 aliphatic rings. The standard InChI is InChI=1S/C18H10F5N3O/c19-10-4-5-13(16(23)15(10)22)25-18(27)9-6-7-24-14(8-9)26-17-11(20)2-1-3-12(17)21/h1-8H,(H,24,26)(H,25,27). The third kappa shape index (κ3) is 3.86. The molecular formula is C18H10F5N3O. The van der Waals surface area contributed by atoms with Crippen LogP contribution < -0.4 is 10.6 Å². The molecule has 2 N–H and O–H groups in total. The second kappa shape index (κ2) is 7.40. The molecule has 27 heavy (non-hydrogen) atoms. The summed E-state index contributed by atoms with van der Waals surface area (Å²) in [6.07, 6.45) is 1.18. The Morgan fingerprint density at radius 1 is 0.852 bits per heavy atom. The van der Waals surface area contributed by atoms with Crippen molar-refractivity contribution in [2.24, 2.45) is 0 Å². The minimum atomic E-state index is -1.72. The third-order valence-electron chi connectivity index (χ3n) is 3.52. The van der Waals surface area contributed by atoms with Crippen molar-refractivity contribution < 1.29 is 26.7 Å². The Balaban J connectivity index is 1.83. The Kier molecular flexibility index (Phi) is 5.02. The summed E-state index contributed by atoms with van der Waals surface area (Å²) >= 11 is 0. The van der Waals surface area contributed by atoms with Crippen LogP contribution in [0, 0.1) is 29.1 Å². The van der Waals surface area contributed by atoms with Crippen LogP contribution in [0.2, 0.25) is 0 Å². The zero-order valence-electron chi connectivity index (χ0n) is 13.4.